The van der Waals surface area contributed by atoms with E-state index in [1.165, 1.54) is 31.5 Å². The molecule has 2 N–H and O–H groups in total. The van der Waals surface area contributed by atoms with Gasteiger partial charge in [-0.1, -0.05) is 12.1 Å². The van der Waals surface area contributed by atoms with Crippen LogP contribution in [0, 0.1) is 0 Å². The van der Waals surface area contributed by atoms with Crippen molar-refractivity contribution in [3.8, 4) is 22.9 Å². The molecule has 138 valence electrons. The van der Waals surface area contributed by atoms with Gasteiger partial charge in [-0.3, -0.25) is 4.99 Å². The summed E-state index contributed by atoms with van der Waals surface area (Å²) in [5, 5.41) is 0. The minimum Gasteiger partial charge on any atom is -0.494 e. The van der Waals surface area contributed by atoms with Gasteiger partial charge in [0.25, 0.3) is 0 Å². The van der Waals surface area contributed by atoms with Gasteiger partial charge in [0.1, 0.15) is 11.4 Å². The molecule has 3 aromatic rings. The summed E-state index contributed by atoms with van der Waals surface area (Å²) < 4.78 is 46.6. The highest BCUT2D eigenvalue weighted by molar-refractivity contribution is 5.86. The number of methoxy groups -OCH3 is 1. The first kappa shape index (κ1) is 19.5. The van der Waals surface area contributed by atoms with Crippen LogP contribution in [-0.4, -0.2) is 29.7 Å². The highest BCUT2D eigenvalue weighted by atomic mass is 35.5. The molecule has 0 aliphatic rings. The van der Waals surface area contributed by atoms with Crippen LogP contribution in [0.5, 0.6) is 11.5 Å². The number of hydrogen-bond acceptors (Lipinski definition) is 3. The second-order valence-electron chi connectivity index (χ2n) is 5.02. The number of aromatic amines is 2. The zero-order valence-electron chi connectivity index (χ0n) is 13.5. The van der Waals surface area contributed by atoms with Crippen LogP contribution in [0.15, 0.2) is 53.7 Å². The van der Waals surface area contributed by atoms with Crippen molar-refractivity contribution in [2.45, 2.75) is 6.36 Å². The molecule has 0 fully saturated rings. The molecule has 0 saturated heterocycles. The first-order valence-corrected chi connectivity index (χ1v) is 7.26. The fourth-order valence-electron chi connectivity index (χ4n) is 2.27. The van der Waals surface area contributed by atoms with E-state index in [-0.39, 0.29) is 23.8 Å². The van der Waals surface area contributed by atoms with Crippen LogP contribution in [0.4, 0.5) is 18.9 Å². The van der Waals surface area contributed by atoms with Gasteiger partial charge in [-0.25, -0.2) is 0 Å². The summed E-state index contributed by atoms with van der Waals surface area (Å²) in [4.78, 5) is 10.2. The summed E-state index contributed by atoms with van der Waals surface area (Å²) in [5.74, 6) is 0.143. The molecular weight excluding hydrogens is 371 g/mol. The Morgan fingerprint density at radius 1 is 1.04 bits per heavy atom. The number of halogens is 4. The van der Waals surface area contributed by atoms with Crippen molar-refractivity contribution in [2.75, 3.05) is 7.11 Å². The Bertz CT molecular complexity index is 874. The van der Waals surface area contributed by atoms with Gasteiger partial charge in [-0.05, 0) is 24.3 Å². The maximum absolute atomic E-state index is 12.5. The number of ether oxygens (including phenoxy) is 2. The number of rotatable bonds is 5. The third kappa shape index (κ3) is 4.60. The molecule has 0 amide bonds. The average Bonchev–Trinajstić information content (AvgIpc) is 3.21. The largest absolute Gasteiger partial charge is 0.573 e. The molecular formula is C17H15ClF3N3O2. The Morgan fingerprint density at radius 2 is 1.81 bits per heavy atom. The summed E-state index contributed by atoms with van der Waals surface area (Å²) in [5.41, 5.74) is 2.19. The van der Waals surface area contributed by atoms with Crippen molar-refractivity contribution in [2.24, 2.45) is 4.99 Å². The average molecular weight is 386 g/mol. The van der Waals surface area contributed by atoms with Crippen LogP contribution in [0.3, 0.4) is 0 Å². The zero-order valence-corrected chi connectivity index (χ0v) is 14.3. The van der Waals surface area contributed by atoms with Gasteiger partial charge in [0, 0.05) is 12.3 Å². The molecule has 0 radical (unpaired) electrons. The van der Waals surface area contributed by atoms with Gasteiger partial charge in [0.15, 0.2) is 5.75 Å². The summed E-state index contributed by atoms with van der Waals surface area (Å²) in [7, 11) is 1.50. The Labute approximate surface area is 153 Å². The molecule has 2 aromatic heterocycles. The van der Waals surface area contributed by atoms with Gasteiger partial charge >= 0.3 is 6.36 Å². The molecule has 0 spiro atoms. The van der Waals surface area contributed by atoms with Crippen molar-refractivity contribution >= 4 is 24.3 Å². The van der Waals surface area contributed by atoms with E-state index in [9.17, 15) is 13.2 Å². The van der Waals surface area contributed by atoms with Gasteiger partial charge in [0.05, 0.1) is 30.4 Å². The SMILES string of the molecule is COc1cc(-c2ccc[nH]2)[nH]c1C=Nc1ccccc1OC(F)(F)F.Cl. The summed E-state index contributed by atoms with van der Waals surface area (Å²) in [6, 6.07) is 11.1. The topological polar surface area (TPSA) is 62.4 Å². The van der Waals surface area contributed by atoms with Crippen LogP contribution in [0.2, 0.25) is 0 Å². The van der Waals surface area contributed by atoms with Crippen LogP contribution >= 0.6 is 12.4 Å². The van der Waals surface area contributed by atoms with Crippen LogP contribution in [0.1, 0.15) is 5.69 Å². The lowest BCUT2D eigenvalue weighted by Gasteiger charge is -2.10. The first-order chi connectivity index (χ1) is 12.0. The highest BCUT2D eigenvalue weighted by Crippen LogP contribution is 2.32. The van der Waals surface area contributed by atoms with Crippen LogP contribution in [0.25, 0.3) is 11.4 Å². The standard InChI is InChI=1S/C17H14F3N3O2.ClH/c1-24-16-9-13(11-6-4-8-21-11)23-14(16)10-22-12-5-2-3-7-15(12)25-17(18,19)20;/h2-10,21,23H,1H3;1H. The maximum atomic E-state index is 12.5. The molecule has 26 heavy (non-hydrogen) atoms. The van der Waals surface area contributed by atoms with E-state index in [0.29, 0.717) is 11.4 Å². The number of nitrogens with one attached hydrogen (secondary N) is 2. The number of nitrogens with zero attached hydrogens (tertiary/aromatic N) is 1. The molecule has 0 atom stereocenters. The zero-order chi connectivity index (χ0) is 17.9. The highest BCUT2D eigenvalue weighted by Gasteiger charge is 2.32. The molecule has 1 aromatic carbocycles. The monoisotopic (exact) mass is 385 g/mol. The second kappa shape index (κ2) is 8.01. The summed E-state index contributed by atoms with van der Waals surface area (Å²) in [6.07, 6.45) is -1.61. The van der Waals surface area contributed by atoms with Crippen molar-refractivity contribution in [1.29, 1.82) is 0 Å². The normalized spacial score (nSPS) is 11.4. The lowest BCUT2D eigenvalue weighted by Crippen LogP contribution is -2.17. The third-order valence-electron chi connectivity index (χ3n) is 3.34. The van der Waals surface area contributed by atoms with E-state index in [4.69, 9.17) is 4.74 Å². The second-order valence-corrected chi connectivity index (χ2v) is 5.02. The number of hydrogen-bond donors (Lipinski definition) is 2. The Hall–Kier alpha value is -2.87. The van der Waals surface area contributed by atoms with Gasteiger partial charge in [0.2, 0.25) is 0 Å². The van der Waals surface area contributed by atoms with Crippen molar-refractivity contribution in [3.05, 3.63) is 54.4 Å². The number of aromatic nitrogens is 2. The molecule has 5 nitrogen and oxygen atoms in total. The molecule has 9 heteroatoms. The molecule has 3 rings (SSSR count). The Kier molecular flexibility index (Phi) is 5.99. The van der Waals surface area contributed by atoms with Gasteiger partial charge < -0.3 is 19.4 Å². The smallest absolute Gasteiger partial charge is 0.494 e. The molecule has 0 bridgehead atoms. The predicted octanol–water partition coefficient (Wildman–Crippen LogP) is 5.09. The minimum atomic E-state index is -4.78. The van der Waals surface area contributed by atoms with E-state index < -0.39 is 6.36 Å². The number of H-pyrrole nitrogens is 2. The third-order valence-corrected chi connectivity index (χ3v) is 3.34. The van der Waals surface area contributed by atoms with E-state index in [0.717, 1.165) is 11.4 Å². The molecule has 0 saturated carbocycles. The Morgan fingerprint density at radius 3 is 2.46 bits per heavy atom. The Balaban J connectivity index is 0.00000243. The van der Waals surface area contributed by atoms with Gasteiger partial charge in [-0.2, -0.15) is 0 Å². The minimum absolute atomic E-state index is 0. The lowest BCUT2D eigenvalue weighted by molar-refractivity contribution is -0.274. The quantitative estimate of drug-likeness (QED) is 0.601. The van der Waals surface area contributed by atoms with E-state index >= 15 is 0 Å². The number of aliphatic imine (C=N–C) groups is 1. The maximum Gasteiger partial charge on any atom is 0.573 e. The summed E-state index contributed by atoms with van der Waals surface area (Å²) in [6.45, 7) is 0. The van der Waals surface area contributed by atoms with E-state index in [1.54, 1.807) is 18.3 Å². The number of para-hydroxylation sites is 2. The van der Waals surface area contributed by atoms with Crippen molar-refractivity contribution in [1.82, 2.24) is 9.97 Å². The van der Waals surface area contributed by atoms with Crippen LogP contribution in [-0.2, 0) is 0 Å². The van der Waals surface area contributed by atoms with Crippen molar-refractivity contribution < 1.29 is 22.6 Å². The van der Waals surface area contributed by atoms with Crippen molar-refractivity contribution in [3.63, 3.8) is 0 Å². The molecule has 0 unspecified atom stereocenters. The van der Waals surface area contributed by atoms with Crippen LogP contribution < -0.4 is 9.47 Å². The summed E-state index contributed by atoms with van der Waals surface area (Å²) >= 11 is 0. The molecule has 0 aliphatic carbocycles. The van der Waals surface area contributed by atoms with E-state index in [2.05, 4.69) is 19.7 Å². The fourth-order valence-corrected chi connectivity index (χ4v) is 2.27. The van der Waals surface area contributed by atoms with E-state index in [1.807, 2.05) is 12.1 Å². The lowest BCUT2D eigenvalue weighted by atomic mass is 10.3. The van der Waals surface area contributed by atoms with Gasteiger partial charge in [-0.15, -0.1) is 25.6 Å². The first-order valence-electron chi connectivity index (χ1n) is 7.26. The number of benzene rings is 1. The molecule has 0 aliphatic heterocycles. The number of alkyl halides is 3. The predicted molar refractivity (Wildman–Crippen MR) is 94.8 cm³/mol. The fraction of sp³-hybridized carbons (Fsp3) is 0.118. The molecule has 2 heterocycles.